The van der Waals surface area contributed by atoms with Crippen molar-refractivity contribution in [3.63, 3.8) is 0 Å². The number of aliphatic imine (C=N–C) groups is 1. The number of phenols is 2. The zero-order valence-corrected chi connectivity index (χ0v) is 12.9. The Bertz CT molecular complexity index is 682. The molecule has 2 aromatic rings. The number of aryl methyl sites for hydroxylation is 1. The van der Waals surface area contributed by atoms with E-state index >= 15 is 0 Å². The Morgan fingerprint density at radius 2 is 1.71 bits per heavy atom. The SMILES string of the molecule is Cc1cc(C=Nc2ccccc2O)c(O)c(C(C)(C)C)c1. The van der Waals surface area contributed by atoms with Crippen LogP contribution in [0.1, 0.15) is 37.5 Å². The van der Waals surface area contributed by atoms with E-state index in [-0.39, 0.29) is 16.9 Å². The summed E-state index contributed by atoms with van der Waals surface area (Å²) in [6, 6.07) is 10.7. The molecule has 2 rings (SSSR count). The van der Waals surface area contributed by atoms with Gasteiger partial charge in [-0.25, -0.2) is 0 Å². The first-order chi connectivity index (χ1) is 9.79. The van der Waals surface area contributed by atoms with Gasteiger partial charge >= 0.3 is 0 Å². The van der Waals surface area contributed by atoms with Crippen molar-refractivity contribution >= 4 is 11.9 Å². The molecule has 0 saturated carbocycles. The lowest BCUT2D eigenvalue weighted by Crippen LogP contribution is -2.12. The van der Waals surface area contributed by atoms with Gasteiger partial charge in [-0.05, 0) is 36.1 Å². The molecular formula is C18H21NO2. The van der Waals surface area contributed by atoms with Crippen molar-refractivity contribution in [2.75, 3.05) is 0 Å². The van der Waals surface area contributed by atoms with Crippen LogP contribution >= 0.6 is 0 Å². The minimum absolute atomic E-state index is 0.122. The standard InChI is InChI=1S/C18H21NO2/c1-12-9-13(17(21)14(10-12)18(2,3)4)11-19-15-7-5-6-8-16(15)20/h5-11,20-21H,1-4H3. The first-order valence-electron chi connectivity index (χ1n) is 6.95. The Morgan fingerprint density at radius 3 is 2.33 bits per heavy atom. The quantitative estimate of drug-likeness (QED) is 0.800. The summed E-state index contributed by atoms with van der Waals surface area (Å²) in [5.74, 6) is 0.365. The van der Waals surface area contributed by atoms with Crippen LogP contribution in [0.25, 0.3) is 0 Å². The Hall–Kier alpha value is -2.29. The second-order valence-corrected chi connectivity index (χ2v) is 6.25. The van der Waals surface area contributed by atoms with Crippen LogP contribution in [0.4, 0.5) is 5.69 Å². The third-order valence-corrected chi connectivity index (χ3v) is 3.32. The van der Waals surface area contributed by atoms with Crippen molar-refractivity contribution in [1.82, 2.24) is 0 Å². The highest BCUT2D eigenvalue weighted by Gasteiger charge is 2.20. The molecule has 0 saturated heterocycles. The van der Waals surface area contributed by atoms with Crippen LogP contribution in [0, 0.1) is 6.92 Å². The third-order valence-electron chi connectivity index (χ3n) is 3.32. The molecule has 3 nitrogen and oxygen atoms in total. The van der Waals surface area contributed by atoms with E-state index in [1.54, 1.807) is 24.4 Å². The molecular weight excluding hydrogens is 262 g/mol. The predicted molar refractivity (Wildman–Crippen MR) is 86.9 cm³/mol. The molecule has 0 unspecified atom stereocenters. The zero-order valence-electron chi connectivity index (χ0n) is 12.9. The van der Waals surface area contributed by atoms with Gasteiger partial charge in [-0.2, -0.15) is 0 Å². The number of phenolic OH excluding ortho intramolecular Hbond substituents is 2. The van der Waals surface area contributed by atoms with Crippen LogP contribution in [-0.2, 0) is 5.41 Å². The zero-order chi connectivity index (χ0) is 15.6. The van der Waals surface area contributed by atoms with E-state index in [2.05, 4.69) is 25.8 Å². The van der Waals surface area contributed by atoms with Crippen LogP contribution in [0.2, 0.25) is 0 Å². The van der Waals surface area contributed by atoms with Crippen molar-refractivity contribution in [2.24, 2.45) is 4.99 Å². The van der Waals surface area contributed by atoms with Gasteiger partial charge < -0.3 is 10.2 Å². The monoisotopic (exact) mass is 283 g/mol. The minimum Gasteiger partial charge on any atom is -0.507 e. The van der Waals surface area contributed by atoms with Gasteiger partial charge in [0, 0.05) is 17.3 Å². The van der Waals surface area contributed by atoms with Gasteiger partial charge in [0.05, 0.1) is 0 Å². The average molecular weight is 283 g/mol. The van der Waals surface area contributed by atoms with Crippen molar-refractivity contribution in [1.29, 1.82) is 0 Å². The molecule has 110 valence electrons. The summed E-state index contributed by atoms with van der Waals surface area (Å²) in [7, 11) is 0. The van der Waals surface area contributed by atoms with Gasteiger partial charge in [-0.15, -0.1) is 0 Å². The van der Waals surface area contributed by atoms with Crippen LogP contribution in [0.5, 0.6) is 11.5 Å². The molecule has 0 bridgehead atoms. The first kappa shape index (κ1) is 15.1. The lowest BCUT2D eigenvalue weighted by atomic mass is 9.84. The average Bonchev–Trinajstić information content (AvgIpc) is 2.39. The largest absolute Gasteiger partial charge is 0.507 e. The summed E-state index contributed by atoms with van der Waals surface area (Å²) in [4.78, 5) is 4.27. The van der Waals surface area contributed by atoms with E-state index in [9.17, 15) is 10.2 Å². The van der Waals surface area contributed by atoms with Crippen LogP contribution in [-0.4, -0.2) is 16.4 Å². The fraction of sp³-hybridized carbons (Fsp3) is 0.278. The van der Waals surface area contributed by atoms with Gasteiger partial charge in [-0.3, -0.25) is 4.99 Å². The van der Waals surface area contributed by atoms with Crippen LogP contribution in [0.3, 0.4) is 0 Å². The summed E-state index contributed by atoms with van der Waals surface area (Å²) >= 11 is 0. The van der Waals surface area contributed by atoms with Crippen molar-refractivity contribution < 1.29 is 10.2 Å². The van der Waals surface area contributed by atoms with E-state index in [4.69, 9.17) is 0 Å². The van der Waals surface area contributed by atoms with E-state index in [0.29, 0.717) is 11.3 Å². The molecule has 3 heteroatoms. The van der Waals surface area contributed by atoms with E-state index < -0.39 is 0 Å². The molecule has 0 heterocycles. The highest BCUT2D eigenvalue weighted by molar-refractivity contribution is 5.87. The van der Waals surface area contributed by atoms with Crippen LogP contribution < -0.4 is 0 Å². The maximum Gasteiger partial charge on any atom is 0.141 e. The highest BCUT2D eigenvalue weighted by Crippen LogP contribution is 2.34. The Kier molecular flexibility index (Phi) is 4.03. The van der Waals surface area contributed by atoms with Gasteiger partial charge in [0.2, 0.25) is 0 Å². The van der Waals surface area contributed by atoms with Gasteiger partial charge in [0.15, 0.2) is 0 Å². The lowest BCUT2D eigenvalue weighted by Gasteiger charge is -2.22. The second kappa shape index (κ2) is 5.60. The topological polar surface area (TPSA) is 52.8 Å². The molecule has 0 amide bonds. The molecule has 2 N–H and O–H groups in total. The maximum atomic E-state index is 10.4. The minimum atomic E-state index is -0.145. The van der Waals surface area contributed by atoms with E-state index in [1.165, 1.54) is 0 Å². The molecule has 0 aliphatic heterocycles. The number of benzene rings is 2. The molecule has 0 fully saturated rings. The van der Waals surface area contributed by atoms with Crippen molar-refractivity contribution in [3.05, 3.63) is 53.1 Å². The molecule has 0 atom stereocenters. The Morgan fingerprint density at radius 1 is 1.05 bits per heavy atom. The molecule has 0 aliphatic rings. The maximum absolute atomic E-state index is 10.4. The normalized spacial score (nSPS) is 12.0. The molecule has 0 spiro atoms. The van der Waals surface area contributed by atoms with Crippen LogP contribution in [0.15, 0.2) is 41.4 Å². The smallest absolute Gasteiger partial charge is 0.141 e. The van der Waals surface area contributed by atoms with Gasteiger partial charge in [0.25, 0.3) is 0 Å². The van der Waals surface area contributed by atoms with Crippen molar-refractivity contribution in [2.45, 2.75) is 33.1 Å². The summed E-state index contributed by atoms with van der Waals surface area (Å²) in [6.07, 6.45) is 1.59. The summed E-state index contributed by atoms with van der Waals surface area (Å²) in [5.41, 5.74) is 2.95. The highest BCUT2D eigenvalue weighted by atomic mass is 16.3. The number of para-hydroxylation sites is 2. The number of aromatic hydroxyl groups is 2. The third kappa shape index (κ3) is 3.43. The first-order valence-corrected chi connectivity index (χ1v) is 6.95. The fourth-order valence-electron chi connectivity index (χ4n) is 2.19. The summed E-state index contributed by atoms with van der Waals surface area (Å²) in [5, 5.41) is 20.2. The Balaban J connectivity index is 2.46. The lowest BCUT2D eigenvalue weighted by molar-refractivity contribution is 0.445. The predicted octanol–water partition coefficient (Wildman–Crippen LogP) is 4.45. The summed E-state index contributed by atoms with van der Waals surface area (Å²) < 4.78 is 0. The fourth-order valence-corrected chi connectivity index (χ4v) is 2.19. The van der Waals surface area contributed by atoms with E-state index in [0.717, 1.165) is 11.1 Å². The van der Waals surface area contributed by atoms with Gasteiger partial charge in [0.1, 0.15) is 17.2 Å². The number of rotatable bonds is 2. The number of hydrogen-bond acceptors (Lipinski definition) is 3. The Labute approximate surface area is 125 Å². The van der Waals surface area contributed by atoms with E-state index in [1.807, 2.05) is 25.1 Å². The second-order valence-electron chi connectivity index (χ2n) is 6.25. The molecule has 21 heavy (non-hydrogen) atoms. The number of hydrogen-bond donors (Lipinski definition) is 2. The van der Waals surface area contributed by atoms with Crippen molar-refractivity contribution in [3.8, 4) is 11.5 Å². The number of nitrogens with zero attached hydrogens (tertiary/aromatic N) is 1. The summed E-state index contributed by atoms with van der Waals surface area (Å²) in [6.45, 7) is 8.17. The van der Waals surface area contributed by atoms with Gasteiger partial charge in [-0.1, -0.05) is 39.0 Å². The molecule has 0 aromatic heterocycles. The molecule has 0 radical (unpaired) electrons. The molecule has 0 aliphatic carbocycles. The molecule has 2 aromatic carbocycles.